The van der Waals surface area contributed by atoms with Gasteiger partial charge in [0.25, 0.3) is 5.91 Å². The molecule has 0 aliphatic rings. The Labute approximate surface area is 137 Å². The van der Waals surface area contributed by atoms with Gasteiger partial charge in [-0.15, -0.1) is 0 Å². The molecule has 0 fully saturated rings. The van der Waals surface area contributed by atoms with Crippen molar-refractivity contribution < 1.29 is 4.79 Å². The molecule has 23 heavy (non-hydrogen) atoms. The molecule has 0 spiro atoms. The van der Waals surface area contributed by atoms with Crippen molar-refractivity contribution in [2.24, 2.45) is 0 Å². The van der Waals surface area contributed by atoms with Crippen LogP contribution >= 0.6 is 0 Å². The second-order valence-electron chi connectivity index (χ2n) is 5.61. The molecule has 2 aromatic carbocycles. The molecule has 4 heteroatoms. The second-order valence-corrected chi connectivity index (χ2v) is 5.61. The molecular formula is C19H21N3O. The third-order valence-electron chi connectivity index (χ3n) is 3.66. The first kappa shape index (κ1) is 16.6. The number of aryl methyl sites for hydroxylation is 1. The fraction of sp³-hybridized carbons (Fsp3) is 0.263. The average Bonchev–Trinajstić information content (AvgIpc) is 2.59. The summed E-state index contributed by atoms with van der Waals surface area (Å²) in [7, 11) is 4.04. The topological polar surface area (TPSA) is 56.1 Å². The van der Waals surface area contributed by atoms with Gasteiger partial charge >= 0.3 is 0 Å². The van der Waals surface area contributed by atoms with Crippen molar-refractivity contribution in [2.75, 3.05) is 25.5 Å². The Bertz CT molecular complexity index is 682. The van der Waals surface area contributed by atoms with Crippen LogP contribution in [0.2, 0.25) is 0 Å². The maximum atomic E-state index is 12.0. The van der Waals surface area contributed by atoms with Crippen LogP contribution in [0.5, 0.6) is 0 Å². The Morgan fingerprint density at radius 2 is 1.74 bits per heavy atom. The fourth-order valence-electron chi connectivity index (χ4n) is 2.25. The number of carbonyl (C=O) groups excluding carboxylic acids is 1. The summed E-state index contributed by atoms with van der Waals surface area (Å²) in [5, 5.41) is 11.6. The minimum atomic E-state index is -0.0996. The van der Waals surface area contributed by atoms with Gasteiger partial charge in [0, 0.05) is 31.9 Å². The maximum absolute atomic E-state index is 12.0. The van der Waals surface area contributed by atoms with Crippen molar-refractivity contribution in [3.05, 3.63) is 65.2 Å². The number of nitrogens with one attached hydrogen (secondary N) is 1. The third kappa shape index (κ3) is 4.86. The molecule has 0 bridgehead atoms. The lowest BCUT2D eigenvalue weighted by Gasteiger charge is -2.12. The van der Waals surface area contributed by atoms with Crippen LogP contribution in [0.25, 0.3) is 0 Å². The van der Waals surface area contributed by atoms with Gasteiger partial charge in [-0.2, -0.15) is 5.26 Å². The molecule has 4 nitrogen and oxygen atoms in total. The number of carbonyl (C=O) groups is 1. The second kappa shape index (κ2) is 8.00. The van der Waals surface area contributed by atoms with Crippen LogP contribution < -0.4 is 10.2 Å². The number of amides is 1. The lowest BCUT2D eigenvalue weighted by atomic mass is 10.1. The monoisotopic (exact) mass is 307 g/mol. The Kier molecular flexibility index (Phi) is 5.76. The zero-order chi connectivity index (χ0) is 16.7. The van der Waals surface area contributed by atoms with E-state index < -0.39 is 0 Å². The highest BCUT2D eigenvalue weighted by Crippen LogP contribution is 2.13. The predicted molar refractivity (Wildman–Crippen MR) is 92.6 cm³/mol. The predicted octanol–water partition coefficient (Wildman–Crippen LogP) is 2.99. The highest BCUT2D eigenvalue weighted by Gasteiger charge is 2.04. The molecule has 0 aliphatic carbocycles. The van der Waals surface area contributed by atoms with E-state index in [0.29, 0.717) is 17.7 Å². The quantitative estimate of drug-likeness (QED) is 0.835. The smallest absolute Gasteiger partial charge is 0.251 e. The first-order valence-corrected chi connectivity index (χ1v) is 7.65. The minimum Gasteiger partial charge on any atom is -0.378 e. The van der Waals surface area contributed by atoms with E-state index in [0.717, 1.165) is 12.8 Å². The largest absolute Gasteiger partial charge is 0.378 e. The van der Waals surface area contributed by atoms with E-state index in [2.05, 4.69) is 34.5 Å². The molecule has 2 aromatic rings. The number of hydrogen-bond acceptors (Lipinski definition) is 3. The van der Waals surface area contributed by atoms with Gasteiger partial charge in [0.1, 0.15) is 0 Å². The standard InChI is InChI=1S/C19H21N3O/c1-22(2)18-11-7-15(8-12-18)4-3-13-21-19(23)17-9-5-16(14-20)6-10-17/h5-12H,3-4,13H2,1-2H3,(H,21,23). The number of rotatable bonds is 6. The molecule has 1 amide bonds. The molecule has 2 rings (SSSR count). The van der Waals surface area contributed by atoms with Gasteiger partial charge in [0.05, 0.1) is 11.6 Å². The number of nitriles is 1. The summed E-state index contributed by atoms with van der Waals surface area (Å²) in [6.45, 7) is 0.633. The number of anilines is 1. The van der Waals surface area contributed by atoms with Crippen molar-refractivity contribution in [1.29, 1.82) is 5.26 Å². The summed E-state index contributed by atoms with van der Waals surface area (Å²) in [5.41, 5.74) is 3.59. The lowest BCUT2D eigenvalue weighted by molar-refractivity contribution is 0.0953. The zero-order valence-corrected chi connectivity index (χ0v) is 13.5. The summed E-state index contributed by atoms with van der Waals surface area (Å²) in [5.74, 6) is -0.0996. The van der Waals surface area contributed by atoms with Crippen LogP contribution in [0.3, 0.4) is 0 Å². The van der Waals surface area contributed by atoms with Crippen molar-refractivity contribution in [3.63, 3.8) is 0 Å². The molecule has 0 saturated heterocycles. The van der Waals surface area contributed by atoms with E-state index >= 15 is 0 Å². The molecular weight excluding hydrogens is 286 g/mol. The molecule has 1 N–H and O–H groups in total. The van der Waals surface area contributed by atoms with E-state index in [9.17, 15) is 4.79 Å². The van der Waals surface area contributed by atoms with Gasteiger partial charge < -0.3 is 10.2 Å². The van der Waals surface area contributed by atoms with Crippen molar-refractivity contribution in [2.45, 2.75) is 12.8 Å². The molecule has 0 saturated carbocycles. The minimum absolute atomic E-state index is 0.0996. The van der Waals surface area contributed by atoms with Crippen molar-refractivity contribution in [3.8, 4) is 6.07 Å². The van der Waals surface area contributed by atoms with Crippen LogP contribution in [0.15, 0.2) is 48.5 Å². The Morgan fingerprint density at radius 3 is 2.30 bits per heavy atom. The normalized spacial score (nSPS) is 9.96. The summed E-state index contributed by atoms with van der Waals surface area (Å²) in [6, 6.07) is 17.1. The van der Waals surface area contributed by atoms with Crippen molar-refractivity contribution >= 4 is 11.6 Å². The first-order chi connectivity index (χ1) is 11.1. The van der Waals surface area contributed by atoms with E-state index in [4.69, 9.17) is 5.26 Å². The number of hydrogen-bond donors (Lipinski definition) is 1. The van der Waals surface area contributed by atoms with E-state index in [1.54, 1.807) is 24.3 Å². The zero-order valence-electron chi connectivity index (χ0n) is 13.5. The summed E-state index contributed by atoms with van der Waals surface area (Å²) in [4.78, 5) is 14.0. The van der Waals surface area contributed by atoms with E-state index in [1.165, 1.54) is 11.3 Å². The number of nitrogens with zero attached hydrogens (tertiary/aromatic N) is 2. The lowest BCUT2D eigenvalue weighted by Crippen LogP contribution is -2.24. The molecule has 0 radical (unpaired) electrons. The van der Waals surface area contributed by atoms with Gasteiger partial charge in [-0.1, -0.05) is 12.1 Å². The molecule has 118 valence electrons. The fourth-order valence-corrected chi connectivity index (χ4v) is 2.25. The average molecular weight is 307 g/mol. The SMILES string of the molecule is CN(C)c1ccc(CCCNC(=O)c2ccc(C#N)cc2)cc1. The summed E-state index contributed by atoms with van der Waals surface area (Å²) < 4.78 is 0. The molecule has 0 atom stereocenters. The highest BCUT2D eigenvalue weighted by molar-refractivity contribution is 5.94. The van der Waals surface area contributed by atoms with Crippen LogP contribution in [0, 0.1) is 11.3 Å². The third-order valence-corrected chi connectivity index (χ3v) is 3.66. The maximum Gasteiger partial charge on any atom is 0.251 e. The van der Waals surface area contributed by atoms with Crippen LogP contribution in [-0.4, -0.2) is 26.5 Å². The molecule has 0 aliphatic heterocycles. The van der Waals surface area contributed by atoms with Gasteiger partial charge in [0.15, 0.2) is 0 Å². The van der Waals surface area contributed by atoms with Gasteiger partial charge in [-0.05, 0) is 54.8 Å². The van der Waals surface area contributed by atoms with Crippen LogP contribution in [0.4, 0.5) is 5.69 Å². The summed E-state index contributed by atoms with van der Waals surface area (Å²) >= 11 is 0. The summed E-state index contributed by atoms with van der Waals surface area (Å²) in [6.07, 6.45) is 1.82. The highest BCUT2D eigenvalue weighted by atomic mass is 16.1. The van der Waals surface area contributed by atoms with Crippen LogP contribution in [0.1, 0.15) is 27.9 Å². The Hall–Kier alpha value is -2.80. The van der Waals surface area contributed by atoms with Crippen LogP contribution in [-0.2, 0) is 6.42 Å². The van der Waals surface area contributed by atoms with E-state index in [1.807, 2.05) is 20.2 Å². The van der Waals surface area contributed by atoms with Gasteiger partial charge in [0.2, 0.25) is 0 Å². The number of benzene rings is 2. The van der Waals surface area contributed by atoms with Crippen molar-refractivity contribution in [1.82, 2.24) is 5.32 Å². The van der Waals surface area contributed by atoms with Gasteiger partial charge in [-0.3, -0.25) is 4.79 Å². The Morgan fingerprint density at radius 1 is 1.09 bits per heavy atom. The Balaban J connectivity index is 1.76. The molecule has 0 aromatic heterocycles. The molecule has 0 heterocycles. The molecule has 0 unspecified atom stereocenters. The van der Waals surface area contributed by atoms with Gasteiger partial charge in [-0.25, -0.2) is 0 Å². The first-order valence-electron chi connectivity index (χ1n) is 7.65. The van der Waals surface area contributed by atoms with E-state index in [-0.39, 0.29) is 5.91 Å².